The van der Waals surface area contributed by atoms with Crippen LogP contribution in [0.15, 0.2) is 55.0 Å². The fourth-order valence-electron chi connectivity index (χ4n) is 2.76. The minimum Gasteiger partial charge on any atom is -0.497 e. The zero-order chi connectivity index (χ0) is 18.8. The van der Waals surface area contributed by atoms with E-state index in [1.165, 1.54) is 0 Å². The lowest BCUT2D eigenvalue weighted by atomic mass is 10.2. The summed E-state index contributed by atoms with van der Waals surface area (Å²) >= 11 is 0. The van der Waals surface area contributed by atoms with Gasteiger partial charge in [0, 0.05) is 5.56 Å². The summed E-state index contributed by atoms with van der Waals surface area (Å²) in [6.07, 6.45) is 3.45. The number of carbonyl (C=O) groups is 1. The summed E-state index contributed by atoms with van der Waals surface area (Å²) in [7, 11) is 1.59. The maximum Gasteiger partial charge on any atom is 0.251 e. The number of aromatic nitrogens is 5. The Balaban J connectivity index is 1.49. The molecule has 0 radical (unpaired) electrons. The van der Waals surface area contributed by atoms with Gasteiger partial charge in [0.1, 0.15) is 11.4 Å². The van der Waals surface area contributed by atoms with Gasteiger partial charge in [-0.1, -0.05) is 5.21 Å². The van der Waals surface area contributed by atoms with Crippen molar-refractivity contribution >= 4 is 16.9 Å². The fourth-order valence-corrected chi connectivity index (χ4v) is 2.76. The molecule has 8 nitrogen and oxygen atoms in total. The van der Waals surface area contributed by atoms with E-state index in [9.17, 15) is 4.79 Å². The van der Waals surface area contributed by atoms with Crippen LogP contribution in [-0.4, -0.2) is 38.0 Å². The van der Waals surface area contributed by atoms with Crippen LogP contribution >= 0.6 is 0 Å². The summed E-state index contributed by atoms with van der Waals surface area (Å²) in [6.45, 7) is 1.87. The summed E-state index contributed by atoms with van der Waals surface area (Å²) in [4.78, 5) is 19.7. The van der Waals surface area contributed by atoms with E-state index in [-0.39, 0.29) is 11.9 Å². The van der Waals surface area contributed by atoms with Crippen LogP contribution in [-0.2, 0) is 0 Å². The molecule has 4 aromatic rings. The van der Waals surface area contributed by atoms with Crippen LogP contribution in [0.25, 0.3) is 16.7 Å². The topological polar surface area (TPSA) is 97.7 Å². The third-order valence-corrected chi connectivity index (χ3v) is 4.32. The summed E-state index contributed by atoms with van der Waals surface area (Å²) in [6, 6.07) is 12.4. The molecule has 1 unspecified atom stereocenters. The first-order chi connectivity index (χ1) is 13.1. The number of benzene rings is 2. The third-order valence-electron chi connectivity index (χ3n) is 4.32. The Morgan fingerprint density at radius 2 is 2.04 bits per heavy atom. The van der Waals surface area contributed by atoms with Gasteiger partial charge in [0.15, 0.2) is 0 Å². The Labute approximate surface area is 155 Å². The molecule has 1 amide bonds. The van der Waals surface area contributed by atoms with Crippen LogP contribution in [0, 0.1) is 0 Å². The SMILES string of the molecule is COc1ccc(C(=O)NC(C)c2cn(-c3ccc4nc[nH]c4c3)nn2)cc1. The van der Waals surface area contributed by atoms with Gasteiger partial charge in [-0.05, 0) is 49.4 Å². The second kappa shape index (κ2) is 6.91. The highest BCUT2D eigenvalue weighted by Gasteiger charge is 2.15. The Bertz CT molecular complexity index is 1080. The summed E-state index contributed by atoms with van der Waals surface area (Å²) in [5.41, 5.74) is 3.89. The lowest BCUT2D eigenvalue weighted by molar-refractivity contribution is 0.0939. The van der Waals surface area contributed by atoms with Crippen molar-refractivity contribution in [3.05, 3.63) is 66.2 Å². The van der Waals surface area contributed by atoms with E-state index >= 15 is 0 Å². The molecular formula is C19H18N6O2. The van der Waals surface area contributed by atoms with Crippen LogP contribution in [0.4, 0.5) is 0 Å². The van der Waals surface area contributed by atoms with Crippen molar-refractivity contribution in [1.29, 1.82) is 0 Å². The molecule has 0 saturated carbocycles. The number of fused-ring (bicyclic) bond motifs is 1. The number of nitrogens with zero attached hydrogens (tertiary/aromatic N) is 4. The molecule has 0 spiro atoms. The van der Waals surface area contributed by atoms with Gasteiger partial charge in [-0.15, -0.1) is 5.10 Å². The smallest absolute Gasteiger partial charge is 0.251 e. The maximum atomic E-state index is 12.4. The standard InChI is InChI=1S/C19H18N6O2/c1-12(22-19(26)13-3-6-15(27-2)7-4-13)18-10-25(24-23-18)14-5-8-16-17(9-14)21-11-20-16/h3-12H,1-2H3,(H,20,21)(H,22,26). The summed E-state index contributed by atoms with van der Waals surface area (Å²) in [5.74, 6) is 0.523. The second-order valence-electron chi connectivity index (χ2n) is 6.12. The van der Waals surface area contributed by atoms with Crippen molar-refractivity contribution in [2.45, 2.75) is 13.0 Å². The lowest BCUT2D eigenvalue weighted by Crippen LogP contribution is -2.26. The van der Waals surface area contributed by atoms with Gasteiger partial charge < -0.3 is 15.0 Å². The van der Waals surface area contributed by atoms with Gasteiger partial charge in [0.05, 0.1) is 42.4 Å². The van der Waals surface area contributed by atoms with Crippen LogP contribution in [0.3, 0.4) is 0 Å². The van der Waals surface area contributed by atoms with Gasteiger partial charge in [0.2, 0.25) is 0 Å². The predicted molar refractivity (Wildman–Crippen MR) is 99.9 cm³/mol. The first-order valence-electron chi connectivity index (χ1n) is 8.45. The number of hydrogen-bond acceptors (Lipinski definition) is 5. The molecule has 0 aliphatic rings. The van der Waals surface area contributed by atoms with Crippen molar-refractivity contribution in [3.63, 3.8) is 0 Å². The zero-order valence-electron chi connectivity index (χ0n) is 14.9. The number of H-pyrrole nitrogens is 1. The van der Waals surface area contributed by atoms with E-state index in [1.54, 1.807) is 48.6 Å². The van der Waals surface area contributed by atoms with Gasteiger partial charge in [-0.2, -0.15) is 0 Å². The zero-order valence-corrected chi connectivity index (χ0v) is 14.9. The number of rotatable bonds is 5. The Morgan fingerprint density at radius 1 is 1.22 bits per heavy atom. The van der Waals surface area contributed by atoms with E-state index in [1.807, 2.05) is 25.1 Å². The predicted octanol–water partition coefficient (Wildman–Crippen LogP) is 2.64. The normalized spacial score (nSPS) is 12.1. The fraction of sp³-hybridized carbons (Fsp3) is 0.158. The molecule has 4 rings (SSSR count). The van der Waals surface area contributed by atoms with E-state index in [4.69, 9.17) is 4.74 Å². The van der Waals surface area contributed by atoms with Crippen LogP contribution < -0.4 is 10.1 Å². The Kier molecular flexibility index (Phi) is 4.29. The monoisotopic (exact) mass is 362 g/mol. The first kappa shape index (κ1) is 16.8. The van der Waals surface area contributed by atoms with Gasteiger partial charge in [0.25, 0.3) is 5.91 Å². The molecule has 2 N–H and O–H groups in total. The number of carbonyl (C=O) groups excluding carboxylic acids is 1. The third kappa shape index (κ3) is 3.37. The van der Waals surface area contributed by atoms with Crippen molar-refractivity contribution in [2.24, 2.45) is 0 Å². The van der Waals surface area contributed by atoms with E-state index in [0.717, 1.165) is 16.7 Å². The quantitative estimate of drug-likeness (QED) is 0.569. The van der Waals surface area contributed by atoms with Gasteiger partial charge in [-0.3, -0.25) is 4.79 Å². The molecule has 136 valence electrons. The molecular weight excluding hydrogens is 344 g/mol. The lowest BCUT2D eigenvalue weighted by Gasteiger charge is -2.11. The van der Waals surface area contributed by atoms with Crippen LogP contribution in [0.5, 0.6) is 5.75 Å². The number of hydrogen-bond donors (Lipinski definition) is 2. The van der Waals surface area contributed by atoms with Crippen LogP contribution in [0.1, 0.15) is 29.0 Å². The number of nitrogens with one attached hydrogen (secondary N) is 2. The highest BCUT2D eigenvalue weighted by atomic mass is 16.5. The molecule has 0 bridgehead atoms. The molecule has 1 atom stereocenters. The summed E-state index contributed by atoms with van der Waals surface area (Å²) in [5, 5.41) is 11.3. The average Bonchev–Trinajstić information content (AvgIpc) is 3.36. The molecule has 2 aromatic carbocycles. The Morgan fingerprint density at radius 3 is 2.81 bits per heavy atom. The molecule has 27 heavy (non-hydrogen) atoms. The highest BCUT2D eigenvalue weighted by Crippen LogP contribution is 2.17. The van der Waals surface area contributed by atoms with Crippen LogP contribution in [0.2, 0.25) is 0 Å². The second-order valence-corrected chi connectivity index (χ2v) is 6.12. The summed E-state index contributed by atoms with van der Waals surface area (Å²) < 4.78 is 6.78. The average molecular weight is 362 g/mol. The largest absolute Gasteiger partial charge is 0.497 e. The minimum absolute atomic E-state index is 0.182. The molecule has 2 heterocycles. The number of methoxy groups -OCH3 is 1. The van der Waals surface area contributed by atoms with E-state index in [0.29, 0.717) is 17.0 Å². The Hall–Kier alpha value is -3.68. The molecule has 0 fully saturated rings. The van der Waals surface area contributed by atoms with Crippen molar-refractivity contribution in [2.75, 3.05) is 7.11 Å². The maximum absolute atomic E-state index is 12.4. The first-order valence-corrected chi connectivity index (χ1v) is 8.45. The number of aromatic amines is 1. The number of amides is 1. The number of imidazole rings is 1. The van der Waals surface area contributed by atoms with Gasteiger partial charge >= 0.3 is 0 Å². The minimum atomic E-state index is -0.288. The van der Waals surface area contributed by atoms with Crippen molar-refractivity contribution < 1.29 is 9.53 Å². The molecule has 0 aliphatic carbocycles. The van der Waals surface area contributed by atoms with Crippen molar-refractivity contribution in [3.8, 4) is 11.4 Å². The molecule has 0 saturated heterocycles. The van der Waals surface area contributed by atoms with E-state index in [2.05, 4.69) is 25.6 Å². The molecule has 2 aromatic heterocycles. The molecule has 8 heteroatoms. The van der Waals surface area contributed by atoms with Crippen molar-refractivity contribution in [1.82, 2.24) is 30.3 Å². The van der Waals surface area contributed by atoms with Gasteiger partial charge in [-0.25, -0.2) is 9.67 Å². The number of ether oxygens (including phenoxy) is 1. The highest BCUT2D eigenvalue weighted by molar-refractivity contribution is 5.94. The molecule has 0 aliphatic heterocycles. The van der Waals surface area contributed by atoms with E-state index < -0.39 is 0 Å².